The number of rotatable bonds is 4. The highest BCUT2D eigenvalue weighted by Gasteiger charge is 2.15. The van der Waals surface area contributed by atoms with Gasteiger partial charge in [-0.2, -0.15) is 5.10 Å². The van der Waals surface area contributed by atoms with Gasteiger partial charge in [0.2, 0.25) is 5.91 Å². The second-order valence-electron chi connectivity index (χ2n) is 4.73. The van der Waals surface area contributed by atoms with Crippen LogP contribution in [0.15, 0.2) is 35.6 Å². The minimum absolute atomic E-state index is 0.103. The summed E-state index contributed by atoms with van der Waals surface area (Å²) >= 11 is 0. The van der Waals surface area contributed by atoms with Crippen LogP contribution in [0.3, 0.4) is 0 Å². The molecule has 4 N–H and O–H groups in total. The summed E-state index contributed by atoms with van der Waals surface area (Å²) in [5.74, 6) is 0.0885. The fraction of sp³-hybridized carbons (Fsp3) is 0.214. The molecule has 1 heterocycles. The van der Waals surface area contributed by atoms with E-state index in [4.69, 9.17) is 10.9 Å². The van der Waals surface area contributed by atoms with Crippen molar-refractivity contribution >= 4 is 17.6 Å². The SMILES string of the molecule is Cc1ccc(CC(=O)Nc2c(C(N)=NO)cnn2C)cc1. The Morgan fingerprint density at radius 1 is 1.43 bits per heavy atom. The van der Waals surface area contributed by atoms with Gasteiger partial charge < -0.3 is 16.3 Å². The lowest BCUT2D eigenvalue weighted by Gasteiger charge is -2.08. The van der Waals surface area contributed by atoms with E-state index in [2.05, 4.69) is 15.6 Å². The number of carbonyl (C=O) groups is 1. The lowest BCUT2D eigenvalue weighted by molar-refractivity contribution is -0.115. The average Bonchev–Trinajstić information content (AvgIpc) is 2.82. The number of nitrogens with one attached hydrogen (secondary N) is 1. The maximum atomic E-state index is 12.1. The van der Waals surface area contributed by atoms with Crippen LogP contribution < -0.4 is 11.1 Å². The van der Waals surface area contributed by atoms with E-state index in [1.807, 2.05) is 31.2 Å². The molecule has 0 aliphatic heterocycles. The number of aromatic nitrogens is 2. The molecule has 0 saturated heterocycles. The van der Waals surface area contributed by atoms with Crippen molar-refractivity contribution < 1.29 is 10.0 Å². The first-order valence-corrected chi connectivity index (χ1v) is 6.36. The highest BCUT2D eigenvalue weighted by atomic mass is 16.4. The molecule has 7 heteroatoms. The molecule has 0 saturated carbocycles. The Balaban J connectivity index is 2.13. The second kappa shape index (κ2) is 6.08. The molecular formula is C14H17N5O2. The Morgan fingerprint density at radius 3 is 2.71 bits per heavy atom. The lowest BCUT2D eigenvalue weighted by Crippen LogP contribution is -2.21. The number of oxime groups is 1. The molecule has 110 valence electrons. The zero-order valence-electron chi connectivity index (χ0n) is 11.9. The lowest BCUT2D eigenvalue weighted by atomic mass is 10.1. The smallest absolute Gasteiger partial charge is 0.229 e. The highest BCUT2D eigenvalue weighted by Crippen LogP contribution is 2.14. The summed E-state index contributed by atoms with van der Waals surface area (Å²) in [7, 11) is 1.66. The van der Waals surface area contributed by atoms with Crippen LogP contribution in [0.1, 0.15) is 16.7 Å². The Morgan fingerprint density at radius 2 is 2.10 bits per heavy atom. The van der Waals surface area contributed by atoms with Crippen molar-refractivity contribution in [3.05, 3.63) is 47.2 Å². The molecule has 0 aliphatic carbocycles. The number of anilines is 1. The molecule has 0 radical (unpaired) electrons. The quantitative estimate of drug-likeness (QED) is 0.337. The second-order valence-corrected chi connectivity index (χ2v) is 4.73. The number of amides is 1. The number of nitrogens with zero attached hydrogens (tertiary/aromatic N) is 3. The average molecular weight is 287 g/mol. The van der Waals surface area contributed by atoms with Crippen LogP contribution in [0, 0.1) is 6.92 Å². The highest BCUT2D eigenvalue weighted by molar-refractivity contribution is 6.04. The Bertz CT molecular complexity index is 673. The van der Waals surface area contributed by atoms with Crippen molar-refractivity contribution in [1.82, 2.24) is 9.78 Å². The van der Waals surface area contributed by atoms with Crippen molar-refractivity contribution in [2.45, 2.75) is 13.3 Å². The predicted molar refractivity (Wildman–Crippen MR) is 79.2 cm³/mol. The molecule has 21 heavy (non-hydrogen) atoms. The molecule has 2 rings (SSSR count). The topological polar surface area (TPSA) is 106 Å². The number of carbonyl (C=O) groups excluding carboxylic acids is 1. The molecule has 0 unspecified atom stereocenters. The standard InChI is InChI=1S/C14H17N5O2/c1-9-3-5-10(6-4-9)7-12(20)17-14-11(13(15)18-21)8-16-19(14)2/h3-6,8,21H,7H2,1-2H3,(H2,15,18)(H,17,20). The number of benzene rings is 1. The van der Waals surface area contributed by atoms with E-state index < -0.39 is 0 Å². The number of hydrogen-bond donors (Lipinski definition) is 3. The van der Waals surface area contributed by atoms with E-state index in [0.29, 0.717) is 11.4 Å². The van der Waals surface area contributed by atoms with Crippen LogP contribution >= 0.6 is 0 Å². The van der Waals surface area contributed by atoms with Crippen LogP contribution in [0.25, 0.3) is 0 Å². The van der Waals surface area contributed by atoms with Gasteiger partial charge in [-0.3, -0.25) is 9.48 Å². The van der Waals surface area contributed by atoms with Crippen molar-refractivity contribution in [3.8, 4) is 0 Å². The molecule has 2 aromatic rings. The molecule has 1 aromatic heterocycles. The Kier molecular flexibility index (Phi) is 4.22. The van der Waals surface area contributed by atoms with E-state index in [1.54, 1.807) is 7.05 Å². The minimum Gasteiger partial charge on any atom is -0.409 e. The summed E-state index contributed by atoms with van der Waals surface area (Å²) in [6.07, 6.45) is 1.66. The molecule has 0 aliphatic rings. The molecular weight excluding hydrogens is 270 g/mol. The first-order chi connectivity index (χ1) is 10.0. The van der Waals surface area contributed by atoms with Crippen LogP contribution in [-0.4, -0.2) is 26.7 Å². The molecule has 1 amide bonds. The van der Waals surface area contributed by atoms with Crippen LogP contribution in [-0.2, 0) is 18.3 Å². The van der Waals surface area contributed by atoms with E-state index in [1.165, 1.54) is 10.9 Å². The molecule has 0 fully saturated rings. The van der Waals surface area contributed by atoms with Crippen molar-refractivity contribution in [3.63, 3.8) is 0 Å². The third-order valence-electron chi connectivity index (χ3n) is 3.07. The number of nitrogens with two attached hydrogens (primary N) is 1. The number of amidine groups is 1. The van der Waals surface area contributed by atoms with E-state index >= 15 is 0 Å². The molecule has 7 nitrogen and oxygen atoms in total. The van der Waals surface area contributed by atoms with Gasteiger partial charge in [0, 0.05) is 7.05 Å². The third-order valence-corrected chi connectivity index (χ3v) is 3.07. The predicted octanol–water partition coefficient (Wildman–Crippen LogP) is 1.00. The van der Waals surface area contributed by atoms with Crippen molar-refractivity contribution in [1.29, 1.82) is 0 Å². The van der Waals surface area contributed by atoms with Gasteiger partial charge in [0.1, 0.15) is 5.82 Å². The van der Waals surface area contributed by atoms with Gasteiger partial charge in [-0.05, 0) is 12.5 Å². The largest absolute Gasteiger partial charge is 0.409 e. The van der Waals surface area contributed by atoms with Crippen LogP contribution in [0.5, 0.6) is 0 Å². The van der Waals surface area contributed by atoms with Crippen molar-refractivity contribution in [2.75, 3.05) is 5.32 Å². The fourth-order valence-corrected chi connectivity index (χ4v) is 1.89. The summed E-state index contributed by atoms with van der Waals surface area (Å²) < 4.78 is 1.46. The van der Waals surface area contributed by atoms with Gasteiger partial charge >= 0.3 is 0 Å². The molecule has 0 atom stereocenters. The van der Waals surface area contributed by atoms with Gasteiger partial charge in [-0.25, -0.2) is 0 Å². The minimum atomic E-state index is -0.200. The van der Waals surface area contributed by atoms with Crippen LogP contribution in [0.2, 0.25) is 0 Å². The summed E-state index contributed by atoms with van der Waals surface area (Å²) in [5, 5.41) is 18.4. The maximum absolute atomic E-state index is 12.1. The first-order valence-electron chi connectivity index (χ1n) is 6.36. The van der Waals surface area contributed by atoms with E-state index in [9.17, 15) is 4.79 Å². The third kappa shape index (κ3) is 3.38. The fourth-order valence-electron chi connectivity index (χ4n) is 1.89. The number of aryl methyl sites for hydroxylation is 2. The normalized spacial score (nSPS) is 11.4. The number of hydrogen-bond acceptors (Lipinski definition) is 4. The summed E-state index contributed by atoms with van der Waals surface area (Å²) in [6.45, 7) is 1.99. The van der Waals surface area contributed by atoms with Crippen LogP contribution in [0.4, 0.5) is 5.82 Å². The summed E-state index contributed by atoms with van der Waals surface area (Å²) in [5.41, 5.74) is 7.97. The molecule has 1 aromatic carbocycles. The van der Waals surface area contributed by atoms with E-state index in [-0.39, 0.29) is 18.2 Å². The first kappa shape index (κ1) is 14.6. The van der Waals surface area contributed by atoms with E-state index in [0.717, 1.165) is 11.1 Å². The zero-order chi connectivity index (χ0) is 15.4. The summed E-state index contributed by atoms with van der Waals surface area (Å²) in [4.78, 5) is 12.1. The molecule has 0 spiro atoms. The molecule has 0 bridgehead atoms. The Hall–Kier alpha value is -2.83. The van der Waals surface area contributed by atoms with Gasteiger partial charge in [-0.1, -0.05) is 35.0 Å². The van der Waals surface area contributed by atoms with Crippen molar-refractivity contribution in [2.24, 2.45) is 17.9 Å². The maximum Gasteiger partial charge on any atom is 0.229 e. The van der Waals surface area contributed by atoms with Gasteiger partial charge in [-0.15, -0.1) is 0 Å². The zero-order valence-corrected chi connectivity index (χ0v) is 11.9. The Labute approximate surface area is 122 Å². The van der Waals surface area contributed by atoms with Gasteiger partial charge in [0.15, 0.2) is 5.84 Å². The van der Waals surface area contributed by atoms with Gasteiger partial charge in [0.05, 0.1) is 18.2 Å². The van der Waals surface area contributed by atoms with Gasteiger partial charge in [0.25, 0.3) is 0 Å². The monoisotopic (exact) mass is 287 g/mol. The summed E-state index contributed by atoms with van der Waals surface area (Å²) in [6, 6.07) is 7.72.